The highest BCUT2D eigenvalue weighted by molar-refractivity contribution is 6.33. The van der Waals surface area contributed by atoms with Crippen LogP contribution >= 0.6 is 34.8 Å². The highest BCUT2D eigenvalue weighted by Gasteiger charge is 2.16. The molecular weight excluding hydrogens is 180 g/mol. The van der Waals surface area contributed by atoms with Gasteiger partial charge in [0.25, 0.3) is 0 Å². The van der Waals surface area contributed by atoms with Crippen molar-refractivity contribution in [3.8, 4) is 0 Å². The summed E-state index contributed by atoms with van der Waals surface area (Å²) in [5.41, 5.74) is -0.177. The van der Waals surface area contributed by atoms with Crippen molar-refractivity contribution < 1.29 is 0 Å². The van der Waals surface area contributed by atoms with Crippen LogP contribution in [0.1, 0.15) is 0 Å². The average Bonchev–Trinajstić information content (AvgIpc) is 1.84. The van der Waals surface area contributed by atoms with Gasteiger partial charge in [0.1, 0.15) is 5.50 Å². The van der Waals surface area contributed by atoms with Crippen molar-refractivity contribution in [1.29, 1.82) is 0 Å². The van der Waals surface area contributed by atoms with Gasteiger partial charge < -0.3 is 0 Å². The zero-order valence-corrected chi connectivity index (χ0v) is 7.71. The van der Waals surface area contributed by atoms with Crippen LogP contribution in [0.5, 0.6) is 0 Å². The summed E-state index contributed by atoms with van der Waals surface area (Å²) in [5.74, 6) is 0.383. The van der Waals surface area contributed by atoms with Crippen LogP contribution in [-0.2, 0) is 0 Å². The quantitative estimate of drug-likeness (QED) is 0.486. The highest BCUT2D eigenvalue weighted by atomic mass is 35.5. The molecule has 2 unspecified atom stereocenters. The SMILES string of the molecule is CN(C)C(Cl)C(Cl)CCl. The summed E-state index contributed by atoms with van der Waals surface area (Å²) in [4.78, 5) is 1.82. The predicted molar refractivity (Wildman–Crippen MR) is 43.7 cm³/mol. The number of halogens is 3. The first-order chi connectivity index (χ1) is 4.09. The molecule has 0 bridgehead atoms. The highest BCUT2D eigenvalue weighted by Crippen LogP contribution is 2.12. The first-order valence-corrected chi connectivity index (χ1v) is 4.01. The first-order valence-electron chi connectivity index (χ1n) is 2.60. The van der Waals surface area contributed by atoms with Crippen molar-refractivity contribution in [2.24, 2.45) is 0 Å². The Morgan fingerprint density at radius 3 is 1.89 bits per heavy atom. The minimum Gasteiger partial charge on any atom is -0.292 e. The fourth-order valence-electron chi connectivity index (χ4n) is 0.397. The molecule has 9 heavy (non-hydrogen) atoms. The number of nitrogens with zero attached hydrogens (tertiary/aromatic N) is 1. The van der Waals surface area contributed by atoms with Gasteiger partial charge in [0.2, 0.25) is 0 Å². The van der Waals surface area contributed by atoms with E-state index in [1.165, 1.54) is 0 Å². The molecule has 0 aromatic carbocycles. The average molecular weight is 191 g/mol. The second-order valence-electron chi connectivity index (χ2n) is 2.01. The van der Waals surface area contributed by atoms with Crippen LogP contribution in [0, 0.1) is 0 Å². The normalized spacial score (nSPS) is 18.0. The van der Waals surface area contributed by atoms with Crippen molar-refractivity contribution >= 4 is 34.8 Å². The lowest BCUT2D eigenvalue weighted by Crippen LogP contribution is -2.31. The summed E-state index contributed by atoms with van der Waals surface area (Å²) in [7, 11) is 3.72. The molecule has 0 aliphatic heterocycles. The maximum Gasteiger partial charge on any atom is 0.102 e. The largest absolute Gasteiger partial charge is 0.292 e. The van der Waals surface area contributed by atoms with E-state index in [1.807, 2.05) is 19.0 Å². The topological polar surface area (TPSA) is 3.24 Å². The summed E-state index contributed by atoms with van der Waals surface area (Å²) in [6.07, 6.45) is 0. The molecule has 0 spiro atoms. The predicted octanol–water partition coefficient (Wildman–Crippen LogP) is 1.96. The van der Waals surface area contributed by atoms with Gasteiger partial charge in [-0.2, -0.15) is 0 Å². The molecule has 0 aliphatic rings. The van der Waals surface area contributed by atoms with E-state index in [1.54, 1.807) is 0 Å². The summed E-state index contributed by atoms with van der Waals surface area (Å²) in [6.45, 7) is 0. The van der Waals surface area contributed by atoms with Crippen molar-refractivity contribution in [3.63, 3.8) is 0 Å². The van der Waals surface area contributed by atoms with Crippen LogP contribution in [0.25, 0.3) is 0 Å². The zero-order valence-electron chi connectivity index (χ0n) is 5.44. The Hall–Kier alpha value is 0.830. The van der Waals surface area contributed by atoms with E-state index >= 15 is 0 Å². The molecule has 0 aliphatic carbocycles. The molecule has 0 amide bonds. The minimum absolute atomic E-state index is 0.177. The molecule has 0 rings (SSSR count). The summed E-state index contributed by atoms with van der Waals surface area (Å²) >= 11 is 16.9. The maximum atomic E-state index is 5.78. The summed E-state index contributed by atoms with van der Waals surface area (Å²) < 4.78 is 0. The number of hydrogen-bond donors (Lipinski definition) is 0. The van der Waals surface area contributed by atoms with Crippen LogP contribution in [0.2, 0.25) is 0 Å². The second-order valence-corrected chi connectivity index (χ2v) is 3.32. The Morgan fingerprint density at radius 1 is 1.33 bits per heavy atom. The Bertz CT molecular complexity index is 76.6. The second kappa shape index (κ2) is 4.62. The minimum atomic E-state index is -0.177. The lowest BCUT2D eigenvalue weighted by atomic mass is 10.4. The Morgan fingerprint density at radius 2 is 1.78 bits per heavy atom. The van der Waals surface area contributed by atoms with E-state index in [9.17, 15) is 0 Å². The fraction of sp³-hybridized carbons (Fsp3) is 1.00. The van der Waals surface area contributed by atoms with Crippen molar-refractivity contribution in [2.45, 2.75) is 10.9 Å². The molecule has 0 radical (unpaired) electrons. The number of hydrogen-bond acceptors (Lipinski definition) is 1. The van der Waals surface area contributed by atoms with E-state index in [0.29, 0.717) is 5.88 Å². The third-order valence-electron chi connectivity index (χ3n) is 0.939. The molecule has 0 fully saturated rings. The van der Waals surface area contributed by atoms with Crippen molar-refractivity contribution in [2.75, 3.05) is 20.0 Å². The van der Waals surface area contributed by atoms with Gasteiger partial charge in [0.15, 0.2) is 0 Å². The molecule has 0 aromatic rings. The van der Waals surface area contributed by atoms with Crippen LogP contribution in [0.3, 0.4) is 0 Å². The lowest BCUT2D eigenvalue weighted by molar-refractivity contribution is 0.373. The van der Waals surface area contributed by atoms with Crippen LogP contribution < -0.4 is 0 Å². The molecule has 0 N–H and O–H groups in total. The number of alkyl halides is 3. The molecule has 1 nitrogen and oxygen atoms in total. The molecule has 0 aromatic heterocycles. The molecule has 2 atom stereocenters. The lowest BCUT2D eigenvalue weighted by Gasteiger charge is -2.20. The van der Waals surface area contributed by atoms with Crippen LogP contribution in [0.15, 0.2) is 0 Å². The Kier molecular flexibility index (Phi) is 5.04. The molecule has 4 heteroatoms. The third-order valence-corrected chi connectivity index (χ3v) is 2.65. The molecule has 0 saturated heterocycles. The Labute approximate surface area is 70.9 Å². The van der Waals surface area contributed by atoms with E-state index in [2.05, 4.69) is 0 Å². The smallest absolute Gasteiger partial charge is 0.102 e. The maximum absolute atomic E-state index is 5.78. The van der Waals surface area contributed by atoms with Crippen LogP contribution in [0.4, 0.5) is 0 Å². The van der Waals surface area contributed by atoms with E-state index in [0.717, 1.165) is 0 Å². The van der Waals surface area contributed by atoms with Crippen LogP contribution in [-0.4, -0.2) is 35.8 Å². The molecule has 0 heterocycles. The number of rotatable bonds is 3. The standard InChI is InChI=1S/C5H10Cl3N/c1-9(2)5(8)4(7)3-6/h4-5H,3H2,1-2H3. The zero-order chi connectivity index (χ0) is 7.44. The van der Waals surface area contributed by atoms with Gasteiger partial charge in [0.05, 0.1) is 5.38 Å². The van der Waals surface area contributed by atoms with E-state index in [-0.39, 0.29) is 10.9 Å². The monoisotopic (exact) mass is 189 g/mol. The van der Waals surface area contributed by atoms with E-state index < -0.39 is 0 Å². The van der Waals surface area contributed by atoms with Gasteiger partial charge in [0, 0.05) is 5.88 Å². The van der Waals surface area contributed by atoms with Gasteiger partial charge >= 0.3 is 0 Å². The Balaban J connectivity index is 3.58. The van der Waals surface area contributed by atoms with Gasteiger partial charge in [-0.3, -0.25) is 4.90 Å². The van der Waals surface area contributed by atoms with Crippen molar-refractivity contribution in [3.05, 3.63) is 0 Å². The van der Waals surface area contributed by atoms with E-state index in [4.69, 9.17) is 34.8 Å². The molecule has 56 valence electrons. The molecule has 0 saturated carbocycles. The summed E-state index contributed by atoms with van der Waals surface area (Å²) in [5, 5.41) is -0.177. The van der Waals surface area contributed by atoms with Gasteiger partial charge in [-0.15, -0.1) is 34.8 Å². The van der Waals surface area contributed by atoms with Gasteiger partial charge in [-0.1, -0.05) is 0 Å². The summed E-state index contributed by atoms with van der Waals surface area (Å²) in [6, 6.07) is 0. The fourth-order valence-corrected chi connectivity index (χ4v) is 0.971. The van der Waals surface area contributed by atoms with Gasteiger partial charge in [-0.05, 0) is 14.1 Å². The first kappa shape index (κ1) is 9.83. The third kappa shape index (κ3) is 3.51. The molecular formula is C5H10Cl3N. The van der Waals surface area contributed by atoms with Crippen molar-refractivity contribution in [1.82, 2.24) is 4.90 Å². The van der Waals surface area contributed by atoms with Gasteiger partial charge in [-0.25, -0.2) is 0 Å².